The summed E-state index contributed by atoms with van der Waals surface area (Å²) in [6.45, 7) is 4.55. The Morgan fingerprint density at radius 1 is 1.50 bits per heavy atom. The Morgan fingerprint density at radius 2 is 2.12 bits per heavy atom. The first kappa shape index (κ1) is 11.2. The van der Waals surface area contributed by atoms with E-state index in [-0.39, 0.29) is 5.76 Å². The van der Waals surface area contributed by atoms with E-state index in [1.807, 2.05) is 0 Å². The average molecular weight is 223 g/mol. The molecule has 4 nitrogen and oxygen atoms in total. The first-order valence-corrected chi connectivity index (χ1v) is 5.68. The minimum absolute atomic E-state index is 0.0557. The van der Waals surface area contributed by atoms with Crippen LogP contribution in [0.25, 0.3) is 0 Å². The predicted octanol–water partition coefficient (Wildman–Crippen LogP) is 3.06. The van der Waals surface area contributed by atoms with Crippen LogP contribution in [0.5, 0.6) is 0 Å². The summed E-state index contributed by atoms with van der Waals surface area (Å²) < 4.78 is 4.78. The third-order valence-corrected chi connectivity index (χ3v) is 3.50. The van der Waals surface area contributed by atoms with Gasteiger partial charge in [-0.3, -0.25) is 0 Å². The van der Waals surface area contributed by atoms with E-state index >= 15 is 0 Å². The average Bonchev–Trinajstić information content (AvgIpc) is 2.66. The van der Waals surface area contributed by atoms with Crippen molar-refractivity contribution < 1.29 is 14.4 Å². The van der Waals surface area contributed by atoms with Gasteiger partial charge < -0.3 is 9.63 Å². The van der Waals surface area contributed by atoms with Crippen molar-refractivity contribution in [2.24, 2.45) is 5.41 Å². The van der Waals surface area contributed by atoms with Crippen LogP contribution in [-0.4, -0.2) is 16.2 Å². The summed E-state index contributed by atoms with van der Waals surface area (Å²) in [6, 6.07) is 1.56. The fourth-order valence-electron chi connectivity index (χ4n) is 2.28. The van der Waals surface area contributed by atoms with E-state index < -0.39 is 5.97 Å². The molecule has 1 aliphatic carbocycles. The summed E-state index contributed by atoms with van der Waals surface area (Å²) in [5, 5.41) is 12.6. The predicted molar refractivity (Wildman–Crippen MR) is 58.5 cm³/mol. The quantitative estimate of drug-likeness (QED) is 0.836. The SMILES string of the molecule is CC1(C)CCC(c2cc(C(=O)O)on2)CC1. The van der Waals surface area contributed by atoms with Gasteiger partial charge in [0.05, 0.1) is 5.69 Å². The Bertz CT molecular complexity index is 385. The van der Waals surface area contributed by atoms with Gasteiger partial charge in [0.25, 0.3) is 0 Å². The Hall–Kier alpha value is -1.32. The van der Waals surface area contributed by atoms with Crippen molar-refractivity contribution in [1.82, 2.24) is 5.16 Å². The maximum atomic E-state index is 10.7. The molecular weight excluding hydrogens is 206 g/mol. The maximum absolute atomic E-state index is 10.7. The number of aromatic nitrogens is 1. The van der Waals surface area contributed by atoms with Crippen molar-refractivity contribution in [3.63, 3.8) is 0 Å². The van der Waals surface area contributed by atoms with Gasteiger partial charge >= 0.3 is 5.97 Å². The number of rotatable bonds is 2. The number of carbonyl (C=O) groups is 1. The topological polar surface area (TPSA) is 63.3 Å². The zero-order valence-corrected chi connectivity index (χ0v) is 9.69. The summed E-state index contributed by atoms with van der Waals surface area (Å²) in [7, 11) is 0. The molecule has 4 heteroatoms. The molecule has 1 heterocycles. The number of aromatic carboxylic acids is 1. The van der Waals surface area contributed by atoms with Gasteiger partial charge in [0.2, 0.25) is 5.76 Å². The van der Waals surface area contributed by atoms with E-state index in [2.05, 4.69) is 19.0 Å². The Labute approximate surface area is 94.6 Å². The molecule has 2 rings (SSSR count). The van der Waals surface area contributed by atoms with E-state index in [1.54, 1.807) is 6.07 Å². The van der Waals surface area contributed by atoms with Gasteiger partial charge in [-0.15, -0.1) is 0 Å². The molecule has 16 heavy (non-hydrogen) atoms. The third-order valence-electron chi connectivity index (χ3n) is 3.50. The fourth-order valence-corrected chi connectivity index (χ4v) is 2.28. The number of hydrogen-bond acceptors (Lipinski definition) is 3. The molecule has 1 aromatic heterocycles. The summed E-state index contributed by atoms with van der Waals surface area (Å²) in [4.78, 5) is 10.7. The third kappa shape index (κ3) is 2.26. The fraction of sp³-hybridized carbons (Fsp3) is 0.667. The van der Waals surface area contributed by atoms with Crippen molar-refractivity contribution in [1.29, 1.82) is 0 Å². The highest BCUT2D eigenvalue weighted by atomic mass is 16.5. The maximum Gasteiger partial charge on any atom is 0.374 e. The van der Waals surface area contributed by atoms with Crippen LogP contribution in [0.15, 0.2) is 10.6 Å². The second-order valence-corrected chi connectivity index (χ2v) is 5.36. The zero-order chi connectivity index (χ0) is 11.8. The highest BCUT2D eigenvalue weighted by Gasteiger charge is 2.29. The molecule has 1 aliphatic rings. The van der Waals surface area contributed by atoms with Crippen LogP contribution in [0.2, 0.25) is 0 Å². The molecule has 1 saturated carbocycles. The Balaban J connectivity index is 2.05. The molecule has 0 aromatic carbocycles. The summed E-state index contributed by atoms with van der Waals surface area (Å²) in [5.74, 6) is -0.736. The minimum Gasteiger partial charge on any atom is -0.475 e. The van der Waals surface area contributed by atoms with Crippen LogP contribution < -0.4 is 0 Å². The van der Waals surface area contributed by atoms with E-state index in [1.165, 1.54) is 0 Å². The van der Waals surface area contributed by atoms with Gasteiger partial charge in [0.15, 0.2) is 0 Å². The molecular formula is C12H17NO3. The molecule has 0 aliphatic heterocycles. The van der Waals surface area contributed by atoms with Gasteiger partial charge in [0, 0.05) is 12.0 Å². The van der Waals surface area contributed by atoms with Crippen molar-refractivity contribution in [2.75, 3.05) is 0 Å². The van der Waals surface area contributed by atoms with Crippen LogP contribution >= 0.6 is 0 Å². The number of carboxylic acids is 1. The van der Waals surface area contributed by atoms with E-state index in [0.717, 1.165) is 31.4 Å². The molecule has 0 bridgehead atoms. The molecule has 0 spiro atoms. The lowest BCUT2D eigenvalue weighted by molar-refractivity contribution is 0.0652. The van der Waals surface area contributed by atoms with Crippen molar-refractivity contribution in [2.45, 2.75) is 45.4 Å². The monoisotopic (exact) mass is 223 g/mol. The van der Waals surface area contributed by atoms with Gasteiger partial charge in [0.1, 0.15) is 0 Å². The number of nitrogens with zero attached hydrogens (tertiary/aromatic N) is 1. The lowest BCUT2D eigenvalue weighted by Gasteiger charge is -2.33. The van der Waals surface area contributed by atoms with Gasteiger partial charge in [-0.25, -0.2) is 4.79 Å². The molecule has 0 radical (unpaired) electrons. The highest BCUT2D eigenvalue weighted by molar-refractivity contribution is 5.84. The van der Waals surface area contributed by atoms with E-state index in [0.29, 0.717) is 11.3 Å². The number of carboxylic acid groups (broad SMARTS) is 1. The molecule has 88 valence electrons. The largest absolute Gasteiger partial charge is 0.475 e. The Kier molecular flexibility index (Phi) is 2.74. The first-order valence-electron chi connectivity index (χ1n) is 5.68. The molecule has 0 unspecified atom stereocenters. The van der Waals surface area contributed by atoms with E-state index in [9.17, 15) is 4.79 Å². The highest BCUT2D eigenvalue weighted by Crippen LogP contribution is 2.42. The van der Waals surface area contributed by atoms with Crippen LogP contribution in [0.3, 0.4) is 0 Å². The normalized spacial score (nSPS) is 20.9. The summed E-state index contributed by atoms with van der Waals surface area (Å²) >= 11 is 0. The lowest BCUT2D eigenvalue weighted by atomic mass is 9.72. The van der Waals surface area contributed by atoms with Crippen molar-refractivity contribution in [3.8, 4) is 0 Å². The second-order valence-electron chi connectivity index (χ2n) is 5.36. The van der Waals surface area contributed by atoms with Crippen LogP contribution in [0.1, 0.15) is 61.7 Å². The minimum atomic E-state index is -1.05. The number of hydrogen-bond donors (Lipinski definition) is 1. The molecule has 0 amide bonds. The smallest absolute Gasteiger partial charge is 0.374 e. The Morgan fingerprint density at radius 3 is 2.62 bits per heavy atom. The molecule has 0 atom stereocenters. The van der Waals surface area contributed by atoms with E-state index in [4.69, 9.17) is 9.63 Å². The van der Waals surface area contributed by atoms with Crippen LogP contribution in [0, 0.1) is 5.41 Å². The van der Waals surface area contributed by atoms with Gasteiger partial charge in [-0.2, -0.15) is 0 Å². The molecule has 1 N–H and O–H groups in total. The zero-order valence-electron chi connectivity index (χ0n) is 9.69. The lowest BCUT2D eigenvalue weighted by Crippen LogP contribution is -2.20. The van der Waals surface area contributed by atoms with Crippen molar-refractivity contribution >= 4 is 5.97 Å². The first-order chi connectivity index (χ1) is 7.48. The second kappa shape index (κ2) is 3.92. The molecule has 0 saturated heterocycles. The van der Waals surface area contributed by atoms with Gasteiger partial charge in [-0.1, -0.05) is 19.0 Å². The molecule has 1 fully saturated rings. The van der Waals surface area contributed by atoms with Gasteiger partial charge in [-0.05, 0) is 31.1 Å². The molecule has 1 aromatic rings. The summed E-state index contributed by atoms with van der Waals surface area (Å²) in [5.41, 5.74) is 1.21. The standard InChI is InChI=1S/C12H17NO3/c1-12(2)5-3-8(4-6-12)9-7-10(11(14)15)16-13-9/h7-8H,3-6H2,1-2H3,(H,14,15). The van der Waals surface area contributed by atoms with Crippen LogP contribution in [-0.2, 0) is 0 Å². The van der Waals surface area contributed by atoms with Crippen molar-refractivity contribution in [3.05, 3.63) is 17.5 Å². The van der Waals surface area contributed by atoms with Crippen LogP contribution in [0.4, 0.5) is 0 Å². The summed E-state index contributed by atoms with van der Waals surface area (Å²) in [6.07, 6.45) is 4.46.